The summed E-state index contributed by atoms with van der Waals surface area (Å²) in [7, 11) is 0. The van der Waals surface area contributed by atoms with Gasteiger partial charge in [-0.2, -0.15) is 5.26 Å². The van der Waals surface area contributed by atoms with Crippen LogP contribution >= 0.6 is 11.6 Å². The van der Waals surface area contributed by atoms with Crippen LogP contribution in [0.2, 0.25) is 0 Å². The van der Waals surface area contributed by atoms with Gasteiger partial charge >= 0.3 is 0 Å². The largest absolute Gasteiger partial charge is 0.198 e. The second-order valence-electron chi connectivity index (χ2n) is 2.82. The Morgan fingerprint density at radius 3 is 2.80 bits per heavy atom. The van der Waals surface area contributed by atoms with E-state index in [2.05, 4.69) is 12.6 Å². The number of nitriles is 1. The Hall–Kier alpha value is -0.480. The van der Waals surface area contributed by atoms with E-state index >= 15 is 0 Å². The molecule has 1 aliphatic carbocycles. The molecule has 2 atom stereocenters. The van der Waals surface area contributed by atoms with Crippen molar-refractivity contribution in [3.63, 3.8) is 0 Å². The van der Waals surface area contributed by atoms with Gasteiger partial charge in [0.15, 0.2) is 0 Å². The third-order valence-corrected chi connectivity index (χ3v) is 2.10. The Balaban J connectivity index is 2.52. The molecule has 2 unspecified atom stereocenters. The fourth-order valence-electron chi connectivity index (χ4n) is 1.32. The lowest BCUT2D eigenvalue weighted by Crippen LogP contribution is -2.15. The molecule has 0 saturated heterocycles. The molecule has 1 nitrogen and oxygen atoms in total. The van der Waals surface area contributed by atoms with Crippen molar-refractivity contribution in [2.24, 2.45) is 5.92 Å². The predicted octanol–water partition coefficient (Wildman–Crippen LogP) is 2.47. The molecule has 2 heteroatoms. The molecule has 0 aromatic carbocycles. The van der Waals surface area contributed by atoms with E-state index < -0.39 is 0 Å². The molecule has 0 aromatic rings. The van der Waals surface area contributed by atoms with Crippen molar-refractivity contribution < 1.29 is 0 Å². The molecule has 1 fully saturated rings. The molecular weight excluding hydrogens is 146 g/mol. The maximum Gasteiger partial charge on any atom is 0.0659 e. The van der Waals surface area contributed by atoms with Gasteiger partial charge in [-0.25, -0.2) is 0 Å². The number of allylic oxidation sites excluding steroid dienone is 1. The first-order valence-corrected chi connectivity index (χ1v) is 3.86. The Labute approximate surface area is 66.3 Å². The van der Waals surface area contributed by atoms with E-state index in [0.29, 0.717) is 0 Å². The summed E-state index contributed by atoms with van der Waals surface area (Å²) >= 11 is 5.87. The monoisotopic (exact) mass is 155 g/mol. The first-order valence-electron chi connectivity index (χ1n) is 3.42. The van der Waals surface area contributed by atoms with Crippen LogP contribution in [0.3, 0.4) is 0 Å². The number of alkyl halides is 1. The molecule has 54 valence electrons. The summed E-state index contributed by atoms with van der Waals surface area (Å²) in [5, 5.41) is 8.72. The Bertz CT molecular complexity index is 180. The SMILES string of the molecule is C=C1CC(Cl)CC(C#N)C1. The van der Waals surface area contributed by atoms with Gasteiger partial charge in [0, 0.05) is 5.38 Å². The third-order valence-electron chi connectivity index (χ3n) is 1.77. The average Bonchev–Trinajstić information content (AvgIpc) is 1.85. The number of nitrogens with zero attached hydrogens (tertiary/aromatic N) is 1. The summed E-state index contributed by atoms with van der Waals surface area (Å²) in [4.78, 5) is 0. The van der Waals surface area contributed by atoms with Crippen LogP contribution in [0.1, 0.15) is 19.3 Å². The highest BCUT2D eigenvalue weighted by Gasteiger charge is 2.21. The second-order valence-corrected chi connectivity index (χ2v) is 3.43. The van der Waals surface area contributed by atoms with Crippen LogP contribution in [0, 0.1) is 17.2 Å². The van der Waals surface area contributed by atoms with Gasteiger partial charge in [-0.15, -0.1) is 11.6 Å². The molecule has 1 saturated carbocycles. The molecule has 1 aliphatic rings. The summed E-state index contributed by atoms with van der Waals surface area (Å²) in [5.74, 6) is 0.115. The van der Waals surface area contributed by atoms with Crippen molar-refractivity contribution in [2.45, 2.75) is 24.6 Å². The van der Waals surface area contributed by atoms with Crippen LogP contribution in [-0.2, 0) is 0 Å². The number of hydrogen-bond acceptors (Lipinski definition) is 1. The summed E-state index contributed by atoms with van der Waals surface area (Å²) < 4.78 is 0. The number of halogens is 1. The molecule has 0 aliphatic heterocycles. The lowest BCUT2D eigenvalue weighted by Gasteiger charge is -2.21. The third kappa shape index (κ3) is 1.75. The normalized spacial score (nSPS) is 33.4. The predicted molar refractivity (Wildman–Crippen MR) is 41.7 cm³/mol. The van der Waals surface area contributed by atoms with Crippen LogP contribution < -0.4 is 0 Å². The van der Waals surface area contributed by atoms with E-state index in [0.717, 1.165) is 24.8 Å². The van der Waals surface area contributed by atoms with Crippen LogP contribution in [0.15, 0.2) is 12.2 Å². The summed E-state index contributed by atoms with van der Waals surface area (Å²) in [6.45, 7) is 3.83. The first-order chi connectivity index (χ1) is 4.72. The fourth-order valence-corrected chi connectivity index (χ4v) is 1.75. The highest BCUT2D eigenvalue weighted by molar-refractivity contribution is 6.20. The molecule has 0 aromatic heterocycles. The van der Waals surface area contributed by atoms with Crippen molar-refractivity contribution in [3.05, 3.63) is 12.2 Å². The summed E-state index contributed by atoms with van der Waals surface area (Å²) in [6, 6.07) is 2.22. The van der Waals surface area contributed by atoms with Gasteiger partial charge < -0.3 is 0 Å². The lowest BCUT2D eigenvalue weighted by molar-refractivity contribution is 0.512. The molecule has 0 amide bonds. The number of hydrogen-bond donors (Lipinski definition) is 0. The van der Waals surface area contributed by atoms with E-state index in [4.69, 9.17) is 16.9 Å². The van der Waals surface area contributed by atoms with Gasteiger partial charge in [0.25, 0.3) is 0 Å². The molecule has 0 bridgehead atoms. The molecule has 0 heterocycles. The van der Waals surface area contributed by atoms with Gasteiger partial charge in [-0.3, -0.25) is 0 Å². The van der Waals surface area contributed by atoms with Crippen molar-refractivity contribution in [1.82, 2.24) is 0 Å². The van der Waals surface area contributed by atoms with Crippen molar-refractivity contribution in [1.29, 1.82) is 5.26 Å². The number of rotatable bonds is 0. The van der Waals surface area contributed by atoms with Gasteiger partial charge in [0.1, 0.15) is 0 Å². The van der Waals surface area contributed by atoms with Crippen LogP contribution in [-0.4, -0.2) is 5.38 Å². The van der Waals surface area contributed by atoms with Gasteiger partial charge in [0.2, 0.25) is 0 Å². The van der Waals surface area contributed by atoms with E-state index in [1.807, 2.05) is 0 Å². The molecular formula is C8H10ClN. The first kappa shape index (κ1) is 7.63. The van der Waals surface area contributed by atoms with Crippen LogP contribution in [0.25, 0.3) is 0 Å². The molecule has 0 radical (unpaired) electrons. The van der Waals surface area contributed by atoms with E-state index in [1.54, 1.807) is 0 Å². The van der Waals surface area contributed by atoms with E-state index in [9.17, 15) is 0 Å². The summed E-state index contributed by atoms with van der Waals surface area (Å²) in [5.41, 5.74) is 1.12. The van der Waals surface area contributed by atoms with Crippen molar-refractivity contribution in [2.75, 3.05) is 0 Å². The topological polar surface area (TPSA) is 23.8 Å². The summed E-state index contributed by atoms with van der Waals surface area (Å²) in [6.07, 6.45) is 2.57. The van der Waals surface area contributed by atoms with Gasteiger partial charge in [-0.05, 0) is 19.3 Å². The highest BCUT2D eigenvalue weighted by atomic mass is 35.5. The molecule has 10 heavy (non-hydrogen) atoms. The Morgan fingerprint density at radius 1 is 1.60 bits per heavy atom. The molecule has 0 N–H and O–H groups in total. The zero-order valence-electron chi connectivity index (χ0n) is 5.81. The van der Waals surface area contributed by atoms with Crippen molar-refractivity contribution >= 4 is 11.6 Å². The minimum atomic E-state index is 0.115. The van der Waals surface area contributed by atoms with E-state index in [-0.39, 0.29) is 11.3 Å². The maximum absolute atomic E-state index is 8.58. The minimum absolute atomic E-state index is 0.115. The fraction of sp³-hybridized carbons (Fsp3) is 0.625. The molecule has 0 spiro atoms. The van der Waals surface area contributed by atoms with E-state index in [1.165, 1.54) is 0 Å². The average molecular weight is 156 g/mol. The minimum Gasteiger partial charge on any atom is -0.198 e. The zero-order chi connectivity index (χ0) is 7.56. The lowest BCUT2D eigenvalue weighted by atomic mass is 9.87. The quantitative estimate of drug-likeness (QED) is 0.390. The van der Waals surface area contributed by atoms with Gasteiger partial charge in [0.05, 0.1) is 12.0 Å². The van der Waals surface area contributed by atoms with Crippen LogP contribution in [0.4, 0.5) is 0 Å². The zero-order valence-corrected chi connectivity index (χ0v) is 6.56. The van der Waals surface area contributed by atoms with Crippen LogP contribution in [0.5, 0.6) is 0 Å². The maximum atomic E-state index is 8.58. The highest BCUT2D eigenvalue weighted by Crippen LogP contribution is 2.30. The van der Waals surface area contributed by atoms with Gasteiger partial charge in [-0.1, -0.05) is 12.2 Å². The molecule has 1 rings (SSSR count). The smallest absolute Gasteiger partial charge is 0.0659 e. The standard InChI is InChI=1S/C8H10ClN/c1-6-2-7(5-10)4-8(9)3-6/h7-8H,1-4H2. The second kappa shape index (κ2) is 3.07. The Kier molecular flexibility index (Phi) is 2.34. The Morgan fingerprint density at radius 2 is 2.30 bits per heavy atom. The van der Waals surface area contributed by atoms with Crippen molar-refractivity contribution in [3.8, 4) is 6.07 Å².